The van der Waals surface area contributed by atoms with Gasteiger partial charge in [-0.3, -0.25) is 13.9 Å². The topological polar surface area (TPSA) is 105 Å². The molecule has 2 rings (SSSR count). The molecule has 2 aromatic rings. The Morgan fingerprint density at radius 2 is 1.61 bits per heavy atom. The summed E-state index contributed by atoms with van der Waals surface area (Å²) in [5, 5.41) is 2.94. The van der Waals surface area contributed by atoms with Crippen molar-refractivity contribution >= 4 is 27.5 Å². The van der Waals surface area contributed by atoms with Crippen molar-refractivity contribution in [2.24, 2.45) is 0 Å². The number of hydrogen-bond acceptors (Lipinski definition) is 6. The summed E-state index contributed by atoms with van der Waals surface area (Å²) in [5.41, 5.74) is 0.568. The standard InChI is InChI=1S/C26H37N3O6S/c1-8-23(25(31)27-26(2,3)4)28(17-19-12-14-21(34-5)15-13-19)24(30)18-29(36(7,32)33)20-10-9-11-22(16-20)35-6/h9-16,23H,8,17-18H2,1-7H3,(H,27,31)/t23-/m0/s1. The summed E-state index contributed by atoms with van der Waals surface area (Å²) in [5.74, 6) is 0.309. The lowest BCUT2D eigenvalue weighted by atomic mass is 10.1. The molecule has 36 heavy (non-hydrogen) atoms. The second-order valence-corrected chi connectivity index (χ2v) is 11.4. The molecule has 10 heteroatoms. The molecule has 9 nitrogen and oxygen atoms in total. The molecule has 0 unspecified atom stereocenters. The molecule has 0 aliphatic carbocycles. The van der Waals surface area contributed by atoms with Gasteiger partial charge >= 0.3 is 0 Å². The van der Waals surface area contributed by atoms with Crippen molar-refractivity contribution in [3.8, 4) is 11.5 Å². The van der Waals surface area contributed by atoms with Crippen molar-refractivity contribution in [2.45, 2.75) is 52.2 Å². The van der Waals surface area contributed by atoms with Crippen LogP contribution < -0.4 is 19.1 Å². The summed E-state index contributed by atoms with van der Waals surface area (Å²) in [6.45, 7) is 7.05. The fraction of sp³-hybridized carbons (Fsp3) is 0.462. The van der Waals surface area contributed by atoms with Crippen LogP contribution in [0.5, 0.6) is 11.5 Å². The Hall–Kier alpha value is -3.27. The van der Waals surface area contributed by atoms with Crippen LogP contribution in [0.4, 0.5) is 5.69 Å². The Labute approximate surface area is 214 Å². The molecule has 0 bridgehead atoms. The van der Waals surface area contributed by atoms with E-state index >= 15 is 0 Å². The summed E-state index contributed by atoms with van der Waals surface area (Å²) >= 11 is 0. The third-order valence-electron chi connectivity index (χ3n) is 5.42. The number of anilines is 1. The van der Waals surface area contributed by atoms with Crippen LogP contribution in [-0.2, 0) is 26.2 Å². The smallest absolute Gasteiger partial charge is 0.244 e. The minimum Gasteiger partial charge on any atom is -0.497 e. The highest BCUT2D eigenvalue weighted by Gasteiger charge is 2.33. The summed E-state index contributed by atoms with van der Waals surface area (Å²) in [6, 6.07) is 12.8. The molecule has 0 aromatic heterocycles. The number of rotatable bonds is 11. The lowest BCUT2D eigenvalue weighted by molar-refractivity contribution is -0.141. The number of amides is 2. The van der Waals surface area contributed by atoms with E-state index in [0.29, 0.717) is 23.6 Å². The molecule has 0 saturated heterocycles. The average Bonchev–Trinajstić information content (AvgIpc) is 2.80. The Balaban J connectivity index is 2.46. The highest BCUT2D eigenvalue weighted by Crippen LogP contribution is 2.24. The van der Waals surface area contributed by atoms with Crippen LogP contribution in [0, 0.1) is 0 Å². The van der Waals surface area contributed by atoms with Gasteiger partial charge in [0.15, 0.2) is 0 Å². The maximum Gasteiger partial charge on any atom is 0.244 e. The number of benzene rings is 2. The largest absolute Gasteiger partial charge is 0.497 e. The van der Waals surface area contributed by atoms with E-state index in [4.69, 9.17) is 9.47 Å². The minimum absolute atomic E-state index is 0.120. The number of nitrogens with one attached hydrogen (secondary N) is 1. The van der Waals surface area contributed by atoms with Crippen molar-refractivity contribution in [1.82, 2.24) is 10.2 Å². The Kier molecular flexibility index (Phi) is 9.75. The second kappa shape index (κ2) is 12.1. The van der Waals surface area contributed by atoms with Crippen molar-refractivity contribution in [1.29, 1.82) is 0 Å². The summed E-state index contributed by atoms with van der Waals surface area (Å²) in [4.78, 5) is 28.3. The van der Waals surface area contributed by atoms with E-state index in [2.05, 4.69) is 5.32 Å². The molecule has 0 aliphatic heterocycles. The van der Waals surface area contributed by atoms with Gasteiger partial charge in [0, 0.05) is 18.2 Å². The monoisotopic (exact) mass is 519 g/mol. The fourth-order valence-corrected chi connectivity index (χ4v) is 4.52. The molecule has 0 spiro atoms. The van der Waals surface area contributed by atoms with Crippen LogP contribution in [0.3, 0.4) is 0 Å². The van der Waals surface area contributed by atoms with E-state index < -0.39 is 34.1 Å². The average molecular weight is 520 g/mol. The predicted molar refractivity (Wildman–Crippen MR) is 141 cm³/mol. The fourth-order valence-electron chi connectivity index (χ4n) is 3.68. The molecule has 0 radical (unpaired) electrons. The summed E-state index contributed by atoms with van der Waals surface area (Å²) in [7, 11) is -0.782. The Bertz CT molecular complexity index is 1140. The van der Waals surface area contributed by atoms with Gasteiger partial charge in [-0.2, -0.15) is 0 Å². The first-order valence-corrected chi connectivity index (χ1v) is 13.5. The van der Waals surface area contributed by atoms with E-state index in [1.807, 2.05) is 39.8 Å². The van der Waals surface area contributed by atoms with Gasteiger partial charge in [0.05, 0.1) is 26.2 Å². The van der Waals surface area contributed by atoms with Gasteiger partial charge in [-0.05, 0) is 57.0 Å². The highest BCUT2D eigenvalue weighted by molar-refractivity contribution is 7.92. The highest BCUT2D eigenvalue weighted by atomic mass is 32.2. The number of methoxy groups -OCH3 is 2. The zero-order chi connectivity index (χ0) is 27.1. The zero-order valence-corrected chi connectivity index (χ0v) is 22.9. The van der Waals surface area contributed by atoms with Crippen LogP contribution in [-0.4, -0.2) is 63.7 Å². The van der Waals surface area contributed by atoms with Gasteiger partial charge in [-0.15, -0.1) is 0 Å². The first kappa shape index (κ1) is 29.0. The molecule has 0 saturated carbocycles. The molecule has 0 heterocycles. The predicted octanol–water partition coefficient (Wildman–Crippen LogP) is 3.19. The van der Waals surface area contributed by atoms with Gasteiger partial charge in [0.2, 0.25) is 21.8 Å². The van der Waals surface area contributed by atoms with Gasteiger partial charge < -0.3 is 19.7 Å². The number of sulfonamides is 1. The number of nitrogens with zero attached hydrogens (tertiary/aromatic N) is 2. The number of carbonyl (C=O) groups excluding carboxylic acids is 2. The number of hydrogen-bond donors (Lipinski definition) is 1. The molecule has 0 fully saturated rings. The maximum absolute atomic E-state index is 13.7. The first-order chi connectivity index (χ1) is 16.8. The van der Waals surface area contributed by atoms with Crippen LogP contribution in [0.15, 0.2) is 48.5 Å². The summed E-state index contributed by atoms with van der Waals surface area (Å²) in [6.07, 6.45) is 1.39. The van der Waals surface area contributed by atoms with Crippen LogP contribution in [0.1, 0.15) is 39.7 Å². The lowest BCUT2D eigenvalue weighted by Gasteiger charge is -2.34. The molecule has 1 atom stereocenters. The van der Waals surface area contributed by atoms with Gasteiger partial charge in [-0.25, -0.2) is 8.42 Å². The zero-order valence-electron chi connectivity index (χ0n) is 22.1. The molecule has 2 aromatic carbocycles. The van der Waals surface area contributed by atoms with Crippen molar-refractivity contribution in [3.63, 3.8) is 0 Å². The quantitative estimate of drug-likeness (QED) is 0.489. The Morgan fingerprint density at radius 3 is 2.11 bits per heavy atom. The molecule has 0 aliphatic rings. The van der Waals surface area contributed by atoms with Gasteiger partial charge in [0.25, 0.3) is 0 Å². The summed E-state index contributed by atoms with van der Waals surface area (Å²) < 4.78 is 36.9. The lowest BCUT2D eigenvalue weighted by Crippen LogP contribution is -2.55. The van der Waals surface area contributed by atoms with Crippen LogP contribution in [0.2, 0.25) is 0 Å². The van der Waals surface area contributed by atoms with E-state index in [1.54, 1.807) is 43.5 Å². The first-order valence-electron chi connectivity index (χ1n) is 11.6. The normalized spacial score (nSPS) is 12.4. The van der Waals surface area contributed by atoms with E-state index in [0.717, 1.165) is 16.1 Å². The van der Waals surface area contributed by atoms with E-state index in [-0.39, 0.29) is 12.5 Å². The minimum atomic E-state index is -3.82. The van der Waals surface area contributed by atoms with Gasteiger partial charge in [-0.1, -0.05) is 25.1 Å². The molecule has 1 N–H and O–H groups in total. The third-order valence-corrected chi connectivity index (χ3v) is 6.56. The third kappa shape index (κ3) is 8.15. The SMILES string of the molecule is CC[C@@H](C(=O)NC(C)(C)C)N(Cc1ccc(OC)cc1)C(=O)CN(c1cccc(OC)c1)S(C)(=O)=O. The number of ether oxygens (including phenoxy) is 2. The molecular formula is C26H37N3O6S. The van der Waals surface area contributed by atoms with Crippen LogP contribution in [0.25, 0.3) is 0 Å². The molecule has 2 amide bonds. The molecule has 198 valence electrons. The van der Waals surface area contributed by atoms with Crippen molar-refractivity contribution in [2.75, 3.05) is 31.3 Å². The second-order valence-electron chi connectivity index (χ2n) is 9.50. The molecular weight excluding hydrogens is 482 g/mol. The van der Waals surface area contributed by atoms with Gasteiger partial charge in [0.1, 0.15) is 24.1 Å². The Morgan fingerprint density at radius 1 is 1.00 bits per heavy atom. The maximum atomic E-state index is 13.7. The van der Waals surface area contributed by atoms with E-state index in [9.17, 15) is 18.0 Å². The van der Waals surface area contributed by atoms with Crippen molar-refractivity contribution in [3.05, 3.63) is 54.1 Å². The number of carbonyl (C=O) groups is 2. The van der Waals surface area contributed by atoms with Crippen molar-refractivity contribution < 1.29 is 27.5 Å². The van der Waals surface area contributed by atoms with E-state index in [1.165, 1.54) is 12.0 Å². The van der Waals surface area contributed by atoms with Crippen LogP contribution >= 0.6 is 0 Å².